The fourth-order valence-electron chi connectivity index (χ4n) is 1.02. The van der Waals surface area contributed by atoms with E-state index in [4.69, 9.17) is 0 Å². The molecule has 133 valence electrons. The minimum atomic E-state index is -8.98. The summed E-state index contributed by atoms with van der Waals surface area (Å²) >= 11 is -8.98. The van der Waals surface area contributed by atoms with Crippen molar-refractivity contribution in [3.63, 3.8) is 0 Å². The van der Waals surface area contributed by atoms with Crippen LogP contribution < -0.4 is 0 Å². The maximum atomic E-state index is 12.6. The molecule has 0 aromatic rings. The molecule has 0 aliphatic rings. The normalized spacial score (nSPS) is 16.4. The Kier molecular flexibility index (Phi) is 5.13. The van der Waals surface area contributed by atoms with E-state index in [9.17, 15) is 65.9 Å². The summed E-state index contributed by atoms with van der Waals surface area (Å²) in [5, 5.41) is 0. The Labute approximate surface area is 114 Å². The third kappa shape index (κ3) is 3.37. The molecule has 16 heteroatoms. The average molecular weight is 430 g/mol. The fraction of sp³-hybridized carbons (Fsp3) is 1.00. The van der Waals surface area contributed by atoms with Gasteiger partial charge in [0.1, 0.15) is 0 Å². The Hall–Kier alpha value is -0.507. The van der Waals surface area contributed by atoms with Crippen molar-refractivity contribution in [2.24, 2.45) is 0 Å². The molecule has 0 unspecified atom stereocenters. The van der Waals surface area contributed by atoms with Crippen molar-refractivity contribution in [3.05, 3.63) is 0 Å². The first-order valence-electron chi connectivity index (χ1n) is 4.33. The molecule has 0 N–H and O–H groups in total. The predicted molar refractivity (Wildman–Crippen MR) is 38.8 cm³/mol. The van der Waals surface area contributed by atoms with E-state index >= 15 is 0 Å². The first-order valence-corrected chi connectivity index (χ1v) is 7.48. The monoisotopic (exact) mass is 431 g/mol. The molecular weight excluding hydrogens is 430 g/mol. The van der Waals surface area contributed by atoms with Gasteiger partial charge in [0.25, 0.3) is 0 Å². The predicted octanol–water partition coefficient (Wildman–Crippen LogP) is 4.69. The molecule has 0 atom stereocenters. The second-order valence-corrected chi connectivity index (χ2v) is 9.12. The van der Waals surface area contributed by atoms with Crippen molar-refractivity contribution in [1.82, 2.24) is 0 Å². The summed E-state index contributed by atoms with van der Waals surface area (Å²) in [6, 6.07) is 0. The summed E-state index contributed by atoms with van der Waals surface area (Å²) < 4.78 is 160. The van der Waals surface area contributed by atoms with Gasteiger partial charge < -0.3 is 0 Å². The van der Waals surface area contributed by atoms with Crippen molar-refractivity contribution >= 4 is 14.3 Å². The number of hydrogen-bond acceptors (Lipinski definition) is 0. The molecule has 0 saturated heterocycles. The molecule has 0 amide bonds. The molecule has 0 aromatic carbocycles. The zero-order valence-electron chi connectivity index (χ0n) is 9.17. The van der Waals surface area contributed by atoms with Crippen LogP contribution in [0, 0.1) is 0 Å². The van der Waals surface area contributed by atoms with Gasteiger partial charge in [0, 0.05) is 0 Å². The molecule has 0 heterocycles. The van der Waals surface area contributed by atoms with Gasteiger partial charge in [0.2, 0.25) is 0 Å². The Morgan fingerprint density at radius 2 is 0.455 bits per heavy atom. The Bertz CT molecular complexity index is 334. The van der Waals surface area contributed by atoms with Gasteiger partial charge in [-0.25, -0.2) is 0 Å². The summed E-state index contributed by atoms with van der Waals surface area (Å²) in [6.45, 7) is 0. The molecule has 0 spiro atoms. The number of alkyl halides is 15. The molecule has 0 aliphatic carbocycles. The molecule has 0 nitrogen and oxygen atoms in total. The summed E-state index contributed by atoms with van der Waals surface area (Å²) in [4.78, 5) is 0. The third-order valence-corrected chi connectivity index (χ3v) is 7.75. The van der Waals surface area contributed by atoms with Crippen LogP contribution >= 0.6 is 0 Å². The molecular formula is C6F15Ge. The van der Waals surface area contributed by atoms with Crippen LogP contribution in [-0.2, 0) is 0 Å². The van der Waals surface area contributed by atoms with Crippen LogP contribution in [0.5, 0.6) is 0 Å². The van der Waals surface area contributed by atoms with E-state index in [1.165, 1.54) is 0 Å². The van der Waals surface area contributed by atoms with Crippen LogP contribution in [0.15, 0.2) is 0 Å². The minimum absolute atomic E-state index is 7.45. The summed E-state index contributed by atoms with van der Waals surface area (Å²) in [5.74, 6) is 0. The molecule has 0 saturated carbocycles. The maximum absolute atomic E-state index is 12.6. The van der Waals surface area contributed by atoms with E-state index in [1.807, 2.05) is 0 Å². The van der Waals surface area contributed by atoms with E-state index in [2.05, 4.69) is 0 Å². The Morgan fingerprint density at radius 1 is 0.318 bits per heavy atom. The topological polar surface area (TPSA) is 0 Å². The number of rotatable bonds is 3. The first kappa shape index (κ1) is 21.5. The third-order valence-electron chi connectivity index (χ3n) is 2.01. The zero-order valence-corrected chi connectivity index (χ0v) is 11.3. The van der Waals surface area contributed by atoms with Gasteiger partial charge in [-0.2, -0.15) is 0 Å². The van der Waals surface area contributed by atoms with E-state index in [0.29, 0.717) is 0 Å². The van der Waals surface area contributed by atoms with Crippen molar-refractivity contribution in [2.45, 2.75) is 32.8 Å². The summed E-state index contributed by atoms with van der Waals surface area (Å²) in [5.41, 5.74) is 0. The first-order chi connectivity index (χ1) is 9.12. The van der Waals surface area contributed by atoms with E-state index in [1.54, 1.807) is 0 Å². The van der Waals surface area contributed by atoms with Gasteiger partial charge in [-0.15, -0.1) is 0 Å². The molecule has 0 aromatic heterocycles. The van der Waals surface area contributed by atoms with E-state index in [-0.39, 0.29) is 0 Å². The van der Waals surface area contributed by atoms with Crippen molar-refractivity contribution < 1.29 is 65.9 Å². The van der Waals surface area contributed by atoms with Gasteiger partial charge >= 0.3 is 113 Å². The molecule has 0 bridgehead atoms. The van der Waals surface area contributed by atoms with Gasteiger partial charge in [-0.05, 0) is 0 Å². The van der Waals surface area contributed by atoms with Crippen LogP contribution in [0.4, 0.5) is 65.9 Å². The van der Waals surface area contributed by atoms with Crippen LogP contribution in [0.2, 0.25) is 0 Å². The van der Waals surface area contributed by atoms with Crippen LogP contribution in [0.25, 0.3) is 0 Å². The molecule has 1 radical (unpaired) electrons. The molecule has 0 rings (SSSR count). The standard InChI is InChI=1S/C6F15Ge/c7-1(8,9)4(16,17)22(5(18,19)2(10,11)12)6(20,21)3(13,14)15. The Balaban J connectivity index is 6.53. The van der Waals surface area contributed by atoms with Gasteiger partial charge in [0.05, 0.1) is 0 Å². The molecule has 0 fully saturated rings. The van der Waals surface area contributed by atoms with Gasteiger partial charge in [0.15, 0.2) is 0 Å². The van der Waals surface area contributed by atoms with Crippen molar-refractivity contribution in [2.75, 3.05) is 0 Å². The van der Waals surface area contributed by atoms with E-state index < -0.39 is 47.1 Å². The van der Waals surface area contributed by atoms with Gasteiger partial charge in [-0.3, -0.25) is 0 Å². The van der Waals surface area contributed by atoms with Crippen LogP contribution in [0.1, 0.15) is 0 Å². The molecule has 0 aliphatic heterocycles. The number of halogens is 15. The number of hydrogen-bond donors (Lipinski definition) is 0. The van der Waals surface area contributed by atoms with E-state index in [0.717, 1.165) is 0 Å². The van der Waals surface area contributed by atoms with Crippen molar-refractivity contribution in [3.8, 4) is 0 Å². The summed E-state index contributed by atoms with van der Waals surface area (Å²) in [6.07, 6.45) is -22.4. The second-order valence-electron chi connectivity index (χ2n) is 3.59. The quantitative estimate of drug-likeness (QED) is 0.451. The fourth-order valence-corrected chi connectivity index (χ4v) is 5.28. The second kappa shape index (κ2) is 5.26. The van der Waals surface area contributed by atoms with Crippen LogP contribution in [-0.4, -0.2) is 47.1 Å². The zero-order chi connectivity index (χ0) is 18.6. The summed E-state index contributed by atoms with van der Waals surface area (Å²) in [7, 11) is 0. The average Bonchev–Trinajstić information content (AvgIpc) is 2.09. The molecule has 22 heavy (non-hydrogen) atoms. The SMILES string of the molecule is FC(F)(F)[C](F)(F)[Ge]([C](F)(F)C(F)(F)F)[C](F)(F)C(F)(F)F. The van der Waals surface area contributed by atoms with Gasteiger partial charge in [-0.1, -0.05) is 0 Å². The van der Waals surface area contributed by atoms with Crippen LogP contribution in [0.3, 0.4) is 0 Å². The Morgan fingerprint density at radius 3 is 0.545 bits per heavy atom. The van der Waals surface area contributed by atoms with Crippen molar-refractivity contribution in [1.29, 1.82) is 0 Å².